The first-order valence-corrected chi connectivity index (χ1v) is 7.66. The summed E-state index contributed by atoms with van der Waals surface area (Å²) >= 11 is 0. The number of halogens is 2. The van der Waals surface area contributed by atoms with Crippen LogP contribution >= 0.6 is 0 Å². The Morgan fingerprint density at radius 2 is 2.05 bits per heavy atom. The van der Waals surface area contributed by atoms with Crippen LogP contribution in [-0.4, -0.2) is 30.1 Å². The molecule has 1 N–H and O–H groups in total. The van der Waals surface area contributed by atoms with Crippen molar-refractivity contribution >= 4 is 0 Å². The van der Waals surface area contributed by atoms with Crippen LogP contribution in [0.5, 0.6) is 0 Å². The fourth-order valence-corrected chi connectivity index (χ4v) is 3.60. The molecule has 0 saturated carbocycles. The fraction of sp³-hybridized carbons (Fsp3) is 0.625. The van der Waals surface area contributed by atoms with Gasteiger partial charge in [-0.05, 0) is 44.8 Å². The normalized spacial score (nSPS) is 27.9. The Labute approximate surface area is 119 Å². The van der Waals surface area contributed by atoms with Gasteiger partial charge in [-0.2, -0.15) is 0 Å². The Balaban J connectivity index is 1.74. The monoisotopic (exact) mass is 280 g/mol. The maximum absolute atomic E-state index is 13.8. The molecule has 20 heavy (non-hydrogen) atoms. The summed E-state index contributed by atoms with van der Waals surface area (Å²) in [5.41, 5.74) is 0.481. The summed E-state index contributed by atoms with van der Waals surface area (Å²) in [7, 11) is 0. The van der Waals surface area contributed by atoms with Crippen molar-refractivity contribution in [3.8, 4) is 0 Å². The first kappa shape index (κ1) is 14.0. The van der Waals surface area contributed by atoms with Gasteiger partial charge in [0.1, 0.15) is 0 Å². The number of benzene rings is 1. The Bertz CT molecular complexity index is 458. The minimum absolute atomic E-state index is 0.467. The van der Waals surface area contributed by atoms with E-state index in [1.807, 2.05) is 0 Å². The second-order valence-corrected chi connectivity index (χ2v) is 5.95. The van der Waals surface area contributed by atoms with Crippen molar-refractivity contribution in [2.45, 2.75) is 50.7 Å². The van der Waals surface area contributed by atoms with E-state index in [1.165, 1.54) is 25.3 Å². The average molecular weight is 280 g/mol. The van der Waals surface area contributed by atoms with Gasteiger partial charge in [0, 0.05) is 24.2 Å². The molecule has 2 aliphatic heterocycles. The topological polar surface area (TPSA) is 15.3 Å². The maximum atomic E-state index is 13.8. The minimum Gasteiger partial charge on any atom is -0.312 e. The van der Waals surface area contributed by atoms with Gasteiger partial charge in [0.15, 0.2) is 11.6 Å². The summed E-state index contributed by atoms with van der Waals surface area (Å²) in [5, 5.41) is 3.56. The Morgan fingerprint density at radius 3 is 2.85 bits per heavy atom. The van der Waals surface area contributed by atoms with Gasteiger partial charge >= 0.3 is 0 Å². The lowest BCUT2D eigenvalue weighted by atomic mass is 9.94. The smallest absolute Gasteiger partial charge is 0.163 e. The third-order valence-electron chi connectivity index (χ3n) is 4.63. The van der Waals surface area contributed by atoms with E-state index in [9.17, 15) is 8.78 Å². The van der Waals surface area contributed by atoms with E-state index in [2.05, 4.69) is 10.2 Å². The van der Waals surface area contributed by atoms with Crippen molar-refractivity contribution in [3.63, 3.8) is 0 Å². The zero-order chi connectivity index (χ0) is 13.9. The van der Waals surface area contributed by atoms with Crippen molar-refractivity contribution in [1.29, 1.82) is 0 Å². The van der Waals surface area contributed by atoms with E-state index in [0.717, 1.165) is 25.9 Å². The Morgan fingerprint density at radius 1 is 1.15 bits per heavy atom. The largest absolute Gasteiger partial charge is 0.312 e. The number of hydrogen-bond donors (Lipinski definition) is 1. The molecule has 0 amide bonds. The van der Waals surface area contributed by atoms with Crippen LogP contribution < -0.4 is 5.32 Å². The number of nitrogens with one attached hydrogen (secondary N) is 1. The van der Waals surface area contributed by atoms with Crippen LogP contribution in [0, 0.1) is 11.6 Å². The van der Waals surface area contributed by atoms with Gasteiger partial charge in [-0.25, -0.2) is 8.78 Å². The molecule has 1 aromatic rings. The molecule has 3 rings (SSSR count). The fourth-order valence-electron chi connectivity index (χ4n) is 3.60. The predicted octanol–water partition coefficient (Wildman–Crippen LogP) is 3.07. The van der Waals surface area contributed by atoms with E-state index < -0.39 is 11.6 Å². The molecule has 2 heterocycles. The van der Waals surface area contributed by atoms with Crippen molar-refractivity contribution in [2.24, 2.45) is 0 Å². The summed E-state index contributed by atoms with van der Waals surface area (Å²) in [6.07, 6.45) is 5.98. The molecule has 2 nitrogen and oxygen atoms in total. The van der Waals surface area contributed by atoms with Gasteiger partial charge in [0.25, 0.3) is 0 Å². The zero-order valence-electron chi connectivity index (χ0n) is 11.7. The van der Waals surface area contributed by atoms with Crippen molar-refractivity contribution in [3.05, 3.63) is 35.4 Å². The summed E-state index contributed by atoms with van der Waals surface area (Å²) < 4.78 is 27.2. The molecule has 2 atom stereocenters. The highest BCUT2D eigenvalue weighted by Crippen LogP contribution is 2.26. The molecular weight excluding hydrogens is 258 g/mol. The molecule has 2 saturated heterocycles. The number of rotatable bonds is 3. The van der Waals surface area contributed by atoms with E-state index >= 15 is 0 Å². The molecule has 2 aliphatic rings. The molecule has 0 radical (unpaired) electrons. The van der Waals surface area contributed by atoms with Crippen molar-refractivity contribution in [2.75, 3.05) is 13.1 Å². The third-order valence-corrected chi connectivity index (χ3v) is 4.63. The average Bonchev–Trinajstić information content (AvgIpc) is 2.98. The highest BCUT2D eigenvalue weighted by molar-refractivity contribution is 5.19. The van der Waals surface area contributed by atoms with Gasteiger partial charge in [-0.3, -0.25) is 4.90 Å². The highest BCUT2D eigenvalue weighted by atomic mass is 19.2. The van der Waals surface area contributed by atoms with Crippen LogP contribution in [0.2, 0.25) is 0 Å². The number of nitrogens with zero attached hydrogens (tertiary/aromatic N) is 1. The van der Waals surface area contributed by atoms with Gasteiger partial charge in [0.2, 0.25) is 0 Å². The van der Waals surface area contributed by atoms with Crippen LogP contribution in [0.15, 0.2) is 18.2 Å². The lowest BCUT2D eigenvalue weighted by molar-refractivity contribution is 0.111. The molecule has 2 unspecified atom stereocenters. The second kappa shape index (κ2) is 6.19. The molecule has 0 bridgehead atoms. The predicted molar refractivity (Wildman–Crippen MR) is 75.4 cm³/mol. The number of piperidine rings is 1. The lowest BCUT2D eigenvalue weighted by Crippen LogP contribution is -2.49. The number of likely N-dealkylation sites (tertiary alicyclic amines) is 1. The van der Waals surface area contributed by atoms with Crippen LogP contribution in [0.3, 0.4) is 0 Å². The van der Waals surface area contributed by atoms with Crippen LogP contribution in [0.1, 0.15) is 37.7 Å². The van der Waals surface area contributed by atoms with Crippen LogP contribution in [0.25, 0.3) is 0 Å². The third kappa shape index (κ3) is 2.86. The summed E-state index contributed by atoms with van der Waals surface area (Å²) in [4.78, 5) is 2.34. The summed E-state index contributed by atoms with van der Waals surface area (Å²) in [6.45, 7) is 2.59. The zero-order valence-corrected chi connectivity index (χ0v) is 11.7. The molecule has 4 heteroatoms. The van der Waals surface area contributed by atoms with E-state index in [1.54, 1.807) is 12.1 Å². The van der Waals surface area contributed by atoms with E-state index in [0.29, 0.717) is 24.2 Å². The standard InChI is InChI=1S/C16H22F2N2/c17-13-6-3-5-12(16(13)18)11-20-10-2-1-8-15(20)14-7-4-9-19-14/h3,5-6,14-15,19H,1-2,4,7-11H2. The molecule has 1 aromatic carbocycles. The van der Waals surface area contributed by atoms with Gasteiger partial charge in [-0.1, -0.05) is 18.6 Å². The first-order chi connectivity index (χ1) is 9.75. The van der Waals surface area contributed by atoms with E-state index in [4.69, 9.17) is 0 Å². The number of hydrogen-bond acceptors (Lipinski definition) is 2. The maximum Gasteiger partial charge on any atom is 0.163 e. The Kier molecular flexibility index (Phi) is 4.32. The van der Waals surface area contributed by atoms with Gasteiger partial charge in [-0.15, -0.1) is 0 Å². The molecule has 2 fully saturated rings. The highest BCUT2D eigenvalue weighted by Gasteiger charge is 2.31. The van der Waals surface area contributed by atoms with Crippen LogP contribution in [0.4, 0.5) is 8.78 Å². The molecular formula is C16H22F2N2. The minimum atomic E-state index is -0.741. The van der Waals surface area contributed by atoms with Gasteiger partial charge < -0.3 is 5.32 Å². The molecule has 110 valence electrons. The SMILES string of the molecule is Fc1cccc(CN2CCCCC2C2CCCN2)c1F. The molecule has 0 aromatic heterocycles. The van der Waals surface area contributed by atoms with Gasteiger partial charge in [0.05, 0.1) is 0 Å². The molecule has 0 spiro atoms. The van der Waals surface area contributed by atoms with Crippen molar-refractivity contribution < 1.29 is 8.78 Å². The second-order valence-electron chi connectivity index (χ2n) is 5.95. The Hall–Kier alpha value is -1.00. The first-order valence-electron chi connectivity index (χ1n) is 7.66. The van der Waals surface area contributed by atoms with Crippen LogP contribution in [-0.2, 0) is 6.54 Å². The van der Waals surface area contributed by atoms with E-state index in [-0.39, 0.29) is 0 Å². The van der Waals surface area contributed by atoms with Crippen molar-refractivity contribution in [1.82, 2.24) is 10.2 Å². The summed E-state index contributed by atoms with van der Waals surface area (Å²) in [6, 6.07) is 5.47. The summed E-state index contributed by atoms with van der Waals surface area (Å²) in [5.74, 6) is -1.42. The molecule has 0 aliphatic carbocycles. The quantitative estimate of drug-likeness (QED) is 0.915. The lowest BCUT2D eigenvalue weighted by Gasteiger charge is -2.39.